The molecule has 0 aliphatic rings. The van der Waals surface area contributed by atoms with Gasteiger partial charge in [0.05, 0.1) is 11.3 Å². The van der Waals surface area contributed by atoms with Crippen molar-refractivity contribution in [1.29, 1.82) is 0 Å². The third-order valence-corrected chi connectivity index (χ3v) is 4.10. The summed E-state index contributed by atoms with van der Waals surface area (Å²) in [6.07, 6.45) is 2.66. The molecule has 5 nitrogen and oxygen atoms in total. The molecule has 0 fully saturated rings. The smallest absolute Gasteiger partial charge is 0.258 e. The first kappa shape index (κ1) is 19.4. The Kier molecular flexibility index (Phi) is 5.35. The molecular weight excluding hydrogens is 362 g/mol. The highest BCUT2D eigenvalue weighted by molar-refractivity contribution is 6.03. The molecule has 2 aromatic carbocycles. The minimum atomic E-state index is -0.855. The zero-order valence-corrected chi connectivity index (χ0v) is 15.8. The molecule has 0 unspecified atom stereocenters. The van der Waals surface area contributed by atoms with Crippen LogP contribution in [0.15, 0.2) is 54.9 Å². The van der Waals surface area contributed by atoms with Crippen LogP contribution in [-0.2, 0) is 5.41 Å². The van der Waals surface area contributed by atoms with Crippen LogP contribution < -0.4 is 10.6 Å². The molecule has 0 radical (unpaired) electrons. The van der Waals surface area contributed by atoms with Gasteiger partial charge in [0.1, 0.15) is 11.6 Å². The summed E-state index contributed by atoms with van der Waals surface area (Å²) in [6, 6.07) is 10.8. The molecule has 2 N–H and O–H groups in total. The van der Waals surface area contributed by atoms with Crippen molar-refractivity contribution in [3.63, 3.8) is 0 Å². The van der Waals surface area contributed by atoms with E-state index in [2.05, 4.69) is 41.4 Å². The van der Waals surface area contributed by atoms with E-state index >= 15 is 0 Å². The maximum Gasteiger partial charge on any atom is 0.258 e. The van der Waals surface area contributed by atoms with E-state index in [1.165, 1.54) is 18.0 Å². The van der Waals surface area contributed by atoms with Gasteiger partial charge in [-0.25, -0.2) is 18.7 Å². The second kappa shape index (κ2) is 7.72. The number of halogens is 2. The number of anilines is 3. The van der Waals surface area contributed by atoms with Crippen molar-refractivity contribution in [2.75, 3.05) is 10.6 Å². The third kappa shape index (κ3) is 4.68. The largest absolute Gasteiger partial charge is 0.324 e. The van der Waals surface area contributed by atoms with Crippen molar-refractivity contribution in [2.45, 2.75) is 26.2 Å². The Morgan fingerprint density at radius 2 is 1.61 bits per heavy atom. The molecule has 0 saturated carbocycles. The first-order valence-corrected chi connectivity index (χ1v) is 8.68. The number of hydrogen-bond donors (Lipinski definition) is 2. The molecule has 1 amide bonds. The first-order valence-electron chi connectivity index (χ1n) is 8.68. The molecule has 1 aromatic heterocycles. The van der Waals surface area contributed by atoms with Gasteiger partial charge in [0.25, 0.3) is 5.91 Å². The van der Waals surface area contributed by atoms with Crippen molar-refractivity contribution in [3.8, 4) is 0 Å². The Bertz CT molecular complexity index is 981. The van der Waals surface area contributed by atoms with Gasteiger partial charge in [0, 0.05) is 24.1 Å². The normalized spacial score (nSPS) is 11.2. The van der Waals surface area contributed by atoms with Gasteiger partial charge in [-0.05, 0) is 35.2 Å². The van der Waals surface area contributed by atoms with Crippen LogP contribution in [0.2, 0.25) is 0 Å². The summed E-state index contributed by atoms with van der Waals surface area (Å²) < 4.78 is 26.6. The molecular formula is C21H20F2N4O. The second-order valence-electron chi connectivity index (χ2n) is 7.33. The number of rotatable bonds is 4. The van der Waals surface area contributed by atoms with Gasteiger partial charge in [-0.1, -0.05) is 32.9 Å². The van der Waals surface area contributed by atoms with Gasteiger partial charge in [0.2, 0.25) is 5.95 Å². The molecule has 144 valence electrons. The second-order valence-corrected chi connectivity index (χ2v) is 7.33. The van der Waals surface area contributed by atoms with Gasteiger partial charge in [-0.15, -0.1) is 0 Å². The van der Waals surface area contributed by atoms with Crippen LogP contribution in [0.5, 0.6) is 0 Å². The van der Waals surface area contributed by atoms with E-state index in [1.54, 1.807) is 0 Å². The molecule has 3 rings (SSSR count). The molecule has 0 spiro atoms. The SMILES string of the molecule is CC(C)(C)c1ccc(Nc2ncc(C(=O)Nc3ccc(F)cc3F)cn2)cc1. The van der Waals surface area contributed by atoms with Crippen molar-refractivity contribution in [2.24, 2.45) is 0 Å². The van der Waals surface area contributed by atoms with Crippen LogP contribution in [0, 0.1) is 11.6 Å². The molecule has 3 aromatic rings. The zero-order valence-electron chi connectivity index (χ0n) is 15.8. The summed E-state index contributed by atoms with van der Waals surface area (Å²) in [6.45, 7) is 6.42. The summed E-state index contributed by atoms with van der Waals surface area (Å²) in [5.41, 5.74) is 2.12. The molecule has 0 saturated heterocycles. The number of carbonyl (C=O) groups excluding carboxylic acids is 1. The molecule has 0 aliphatic carbocycles. The van der Waals surface area contributed by atoms with Gasteiger partial charge < -0.3 is 10.6 Å². The molecule has 0 bridgehead atoms. The highest BCUT2D eigenvalue weighted by Crippen LogP contribution is 2.24. The standard InChI is InChI=1S/C21H20F2N4O/c1-21(2,3)14-4-7-16(8-5-14)26-20-24-11-13(12-25-20)19(28)27-18-9-6-15(22)10-17(18)23/h4-12H,1-3H3,(H,27,28)(H,24,25,26). The lowest BCUT2D eigenvalue weighted by atomic mass is 9.87. The molecule has 0 atom stereocenters. The maximum atomic E-state index is 13.6. The van der Waals surface area contributed by atoms with Crippen molar-refractivity contribution < 1.29 is 13.6 Å². The minimum Gasteiger partial charge on any atom is -0.324 e. The van der Waals surface area contributed by atoms with Crippen LogP contribution >= 0.6 is 0 Å². The Hall–Kier alpha value is -3.35. The first-order chi connectivity index (χ1) is 13.2. The van der Waals surface area contributed by atoms with E-state index in [4.69, 9.17) is 0 Å². The minimum absolute atomic E-state index is 0.0635. The summed E-state index contributed by atoms with van der Waals surface area (Å²) in [4.78, 5) is 20.4. The predicted molar refractivity (Wildman–Crippen MR) is 105 cm³/mol. The lowest BCUT2D eigenvalue weighted by Crippen LogP contribution is -2.14. The van der Waals surface area contributed by atoms with Crippen LogP contribution in [0.25, 0.3) is 0 Å². The van der Waals surface area contributed by atoms with Gasteiger partial charge in [-0.3, -0.25) is 4.79 Å². The van der Waals surface area contributed by atoms with Crippen LogP contribution in [0.1, 0.15) is 36.7 Å². The highest BCUT2D eigenvalue weighted by Gasteiger charge is 2.14. The van der Waals surface area contributed by atoms with E-state index < -0.39 is 17.5 Å². The average molecular weight is 382 g/mol. The number of aromatic nitrogens is 2. The van der Waals surface area contributed by atoms with E-state index in [9.17, 15) is 13.6 Å². The molecule has 7 heteroatoms. The fraction of sp³-hybridized carbons (Fsp3) is 0.190. The molecule has 0 aliphatic heterocycles. The fourth-order valence-corrected chi connectivity index (χ4v) is 2.48. The maximum absolute atomic E-state index is 13.6. The lowest BCUT2D eigenvalue weighted by Gasteiger charge is -2.19. The number of benzene rings is 2. The topological polar surface area (TPSA) is 66.9 Å². The van der Waals surface area contributed by atoms with Gasteiger partial charge in [-0.2, -0.15) is 0 Å². The van der Waals surface area contributed by atoms with Crippen LogP contribution in [-0.4, -0.2) is 15.9 Å². The number of carbonyl (C=O) groups is 1. The Morgan fingerprint density at radius 3 is 2.18 bits per heavy atom. The van der Waals surface area contributed by atoms with Crippen LogP contribution in [0.3, 0.4) is 0 Å². The highest BCUT2D eigenvalue weighted by atomic mass is 19.1. The van der Waals surface area contributed by atoms with E-state index in [1.807, 2.05) is 24.3 Å². The fourth-order valence-electron chi connectivity index (χ4n) is 2.48. The van der Waals surface area contributed by atoms with Gasteiger partial charge in [0.15, 0.2) is 0 Å². The molecule has 28 heavy (non-hydrogen) atoms. The Labute approximate surface area is 161 Å². The van der Waals surface area contributed by atoms with E-state index in [-0.39, 0.29) is 16.7 Å². The van der Waals surface area contributed by atoms with Crippen LogP contribution in [0.4, 0.5) is 26.1 Å². The van der Waals surface area contributed by atoms with Gasteiger partial charge >= 0.3 is 0 Å². The zero-order chi connectivity index (χ0) is 20.3. The van der Waals surface area contributed by atoms with E-state index in [0.29, 0.717) is 12.0 Å². The molecule has 1 heterocycles. The number of nitrogens with one attached hydrogen (secondary N) is 2. The summed E-state index contributed by atoms with van der Waals surface area (Å²) >= 11 is 0. The number of amides is 1. The Morgan fingerprint density at radius 1 is 0.964 bits per heavy atom. The predicted octanol–water partition coefficient (Wildman–Crippen LogP) is 5.05. The number of nitrogens with zero attached hydrogens (tertiary/aromatic N) is 2. The summed E-state index contributed by atoms with van der Waals surface area (Å²) in [7, 11) is 0. The van der Waals surface area contributed by atoms with Crippen molar-refractivity contribution >= 4 is 23.2 Å². The quantitative estimate of drug-likeness (QED) is 0.663. The summed E-state index contributed by atoms with van der Waals surface area (Å²) in [5.74, 6) is -1.84. The van der Waals surface area contributed by atoms with Crippen molar-refractivity contribution in [3.05, 3.63) is 77.6 Å². The third-order valence-electron chi connectivity index (χ3n) is 4.10. The summed E-state index contributed by atoms with van der Waals surface area (Å²) in [5, 5.41) is 5.42. The number of hydrogen-bond acceptors (Lipinski definition) is 4. The Balaban J connectivity index is 1.66. The van der Waals surface area contributed by atoms with E-state index in [0.717, 1.165) is 17.8 Å². The van der Waals surface area contributed by atoms with Crippen molar-refractivity contribution in [1.82, 2.24) is 9.97 Å². The lowest BCUT2D eigenvalue weighted by molar-refractivity contribution is 0.102. The monoisotopic (exact) mass is 382 g/mol. The average Bonchev–Trinajstić information content (AvgIpc) is 2.64.